The molecule has 0 spiro atoms. The molecular weight excluding hydrogens is 178 g/mol. The van der Waals surface area contributed by atoms with Crippen LogP contribution in [0.1, 0.15) is 33.6 Å². The molecule has 0 saturated carbocycles. The predicted octanol–water partition coefficient (Wildman–Crippen LogP) is 1.71. The van der Waals surface area contributed by atoms with Crippen LogP contribution in [0, 0.1) is 23.2 Å². The first kappa shape index (κ1) is 11.5. The first-order valence-electron chi connectivity index (χ1n) is 5.23. The number of nitriles is 1. The Morgan fingerprint density at radius 3 is 2.64 bits per heavy atom. The van der Waals surface area contributed by atoms with E-state index in [1.807, 2.05) is 0 Å². The van der Waals surface area contributed by atoms with Crippen molar-refractivity contribution in [3.8, 4) is 6.07 Å². The van der Waals surface area contributed by atoms with E-state index in [1.54, 1.807) is 6.92 Å². The van der Waals surface area contributed by atoms with Crippen LogP contribution in [-0.2, 0) is 4.74 Å². The molecule has 3 atom stereocenters. The molecule has 1 heterocycles. The second-order valence-corrected chi connectivity index (χ2v) is 4.56. The van der Waals surface area contributed by atoms with E-state index in [4.69, 9.17) is 10.00 Å². The van der Waals surface area contributed by atoms with Crippen LogP contribution in [0.4, 0.5) is 0 Å². The summed E-state index contributed by atoms with van der Waals surface area (Å²) < 4.78 is 5.56. The van der Waals surface area contributed by atoms with Gasteiger partial charge in [-0.1, -0.05) is 13.8 Å². The Balaban J connectivity index is 2.68. The summed E-state index contributed by atoms with van der Waals surface area (Å²) in [7, 11) is 0. The summed E-state index contributed by atoms with van der Waals surface area (Å²) in [5.74, 6) is 0.0837. The van der Waals surface area contributed by atoms with Crippen LogP contribution in [0.5, 0.6) is 0 Å². The van der Waals surface area contributed by atoms with Gasteiger partial charge in [0.1, 0.15) is 0 Å². The third-order valence-corrected chi connectivity index (χ3v) is 3.16. The molecule has 0 amide bonds. The Labute approximate surface area is 85.7 Å². The largest absolute Gasteiger partial charge is 0.388 e. The molecule has 3 nitrogen and oxygen atoms in total. The average molecular weight is 197 g/mol. The highest BCUT2D eigenvalue weighted by atomic mass is 16.5. The van der Waals surface area contributed by atoms with Crippen LogP contribution in [0.2, 0.25) is 0 Å². The molecular formula is C11H19NO2. The third-order valence-electron chi connectivity index (χ3n) is 3.16. The minimum Gasteiger partial charge on any atom is -0.388 e. The van der Waals surface area contributed by atoms with Crippen LogP contribution >= 0.6 is 0 Å². The molecule has 1 aliphatic rings. The maximum absolute atomic E-state index is 10.3. The van der Waals surface area contributed by atoms with Crippen molar-refractivity contribution in [1.29, 1.82) is 5.26 Å². The quantitative estimate of drug-likeness (QED) is 0.733. The van der Waals surface area contributed by atoms with Crippen LogP contribution in [-0.4, -0.2) is 23.4 Å². The first-order valence-corrected chi connectivity index (χ1v) is 5.23. The highest BCUT2D eigenvalue weighted by molar-refractivity contribution is 4.99. The van der Waals surface area contributed by atoms with E-state index in [9.17, 15) is 5.11 Å². The lowest BCUT2D eigenvalue weighted by molar-refractivity contribution is -0.130. The lowest BCUT2D eigenvalue weighted by Crippen LogP contribution is -2.46. The van der Waals surface area contributed by atoms with Crippen LogP contribution < -0.4 is 0 Å². The van der Waals surface area contributed by atoms with Gasteiger partial charge in [-0.15, -0.1) is 0 Å². The highest BCUT2D eigenvalue weighted by Gasteiger charge is 2.40. The summed E-state index contributed by atoms with van der Waals surface area (Å²) in [4.78, 5) is 0. The van der Waals surface area contributed by atoms with E-state index in [0.717, 1.165) is 0 Å². The molecule has 0 aromatic rings. The van der Waals surface area contributed by atoms with Gasteiger partial charge in [0.25, 0.3) is 0 Å². The molecule has 0 bridgehead atoms. The van der Waals surface area contributed by atoms with Gasteiger partial charge in [0.2, 0.25) is 0 Å². The van der Waals surface area contributed by atoms with E-state index in [2.05, 4.69) is 19.9 Å². The fourth-order valence-electron chi connectivity index (χ4n) is 1.84. The van der Waals surface area contributed by atoms with Gasteiger partial charge >= 0.3 is 0 Å². The van der Waals surface area contributed by atoms with Crippen LogP contribution in [0.15, 0.2) is 0 Å². The number of hydrogen-bond donors (Lipinski definition) is 1. The molecule has 0 aromatic carbocycles. The van der Waals surface area contributed by atoms with Crippen molar-refractivity contribution in [1.82, 2.24) is 0 Å². The summed E-state index contributed by atoms with van der Waals surface area (Å²) >= 11 is 0. The molecule has 0 aliphatic carbocycles. The van der Waals surface area contributed by atoms with Gasteiger partial charge < -0.3 is 9.84 Å². The highest BCUT2D eigenvalue weighted by Crippen LogP contribution is 2.33. The fourth-order valence-corrected chi connectivity index (χ4v) is 1.84. The van der Waals surface area contributed by atoms with E-state index in [-0.39, 0.29) is 12.0 Å². The van der Waals surface area contributed by atoms with Crippen molar-refractivity contribution in [3.05, 3.63) is 0 Å². The van der Waals surface area contributed by atoms with Crippen LogP contribution in [0.3, 0.4) is 0 Å². The summed E-state index contributed by atoms with van der Waals surface area (Å²) in [5.41, 5.74) is -0.845. The van der Waals surface area contributed by atoms with Gasteiger partial charge in [0.05, 0.1) is 23.7 Å². The zero-order valence-electron chi connectivity index (χ0n) is 9.16. The number of nitrogens with zero attached hydrogens (tertiary/aromatic N) is 1. The standard InChI is InChI=1S/C11H19NO2/c1-8(2)10-6-11(13,4-5-14-10)9(3)7-12/h8-10,13H,4-6H2,1-3H3. The summed E-state index contributed by atoms with van der Waals surface area (Å²) in [5, 5.41) is 19.1. The second kappa shape index (κ2) is 4.29. The lowest BCUT2D eigenvalue weighted by atomic mass is 9.78. The molecule has 3 heteroatoms. The number of aliphatic hydroxyl groups is 1. The summed E-state index contributed by atoms with van der Waals surface area (Å²) in [6.07, 6.45) is 1.24. The fraction of sp³-hybridized carbons (Fsp3) is 0.909. The van der Waals surface area contributed by atoms with E-state index in [0.29, 0.717) is 25.4 Å². The molecule has 14 heavy (non-hydrogen) atoms. The molecule has 1 rings (SSSR count). The second-order valence-electron chi connectivity index (χ2n) is 4.56. The Kier molecular flexibility index (Phi) is 3.52. The molecule has 1 fully saturated rings. The predicted molar refractivity (Wildman–Crippen MR) is 53.5 cm³/mol. The average Bonchev–Trinajstić information content (AvgIpc) is 2.16. The zero-order chi connectivity index (χ0) is 10.8. The molecule has 1 saturated heterocycles. The minimum atomic E-state index is -0.845. The molecule has 3 unspecified atom stereocenters. The van der Waals surface area contributed by atoms with Crippen molar-refractivity contribution < 1.29 is 9.84 Å². The number of rotatable bonds is 2. The molecule has 1 N–H and O–H groups in total. The van der Waals surface area contributed by atoms with E-state index >= 15 is 0 Å². The Morgan fingerprint density at radius 2 is 2.14 bits per heavy atom. The molecule has 1 aliphatic heterocycles. The normalized spacial score (nSPS) is 35.3. The minimum absolute atomic E-state index is 0.0875. The first-order chi connectivity index (χ1) is 6.49. The lowest BCUT2D eigenvalue weighted by Gasteiger charge is -2.40. The Bertz CT molecular complexity index is 234. The summed E-state index contributed by atoms with van der Waals surface area (Å²) in [6.45, 7) is 6.50. The maximum Gasteiger partial charge on any atom is 0.0849 e. The monoisotopic (exact) mass is 197 g/mol. The number of ether oxygens (including phenoxy) is 1. The summed E-state index contributed by atoms with van der Waals surface area (Å²) in [6, 6.07) is 2.13. The van der Waals surface area contributed by atoms with Gasteiger partial charge in [-0.05, 0) is 12.8 Å². The van der Waals surface area contributed by atoms with Gasteiger partial charge in [-0.3, -0.25) is 0 Å². The maximum atomic E-state index is 10.3. The third kappa shape index (κ3) is 2.26. The van der Waals surface area contributed by atoms with Gasteiger partial charge in [0, 0.05) is 19.4 Å². The zero-order valence-corrected chi connectivity index (χ0v) is 9.16. The van der Waals surface area contributed by atoms with E-state index < -0.39 is 5.60 Å². The van der Waals surface area contributed by atoms with Gasteiger partial charge in [-0.2, -0.15) is 5.26 Å². The molecule has 0 aromatic heterocycles. The SMILES string of the molecule is CC(C)C1CC(O)(C(C)C#N)CCO1. The number of hydrogen-bond acceptors (Lipinski definition) is 3. The van der Waals surface area contributed by atoms with Crippen molar-refractivity contribution in [3.63, 3.8) is 0 Å². The molecule has 0 radical (unpaired) electrons. The van der Waals surface area contributed by atoms with Crippen molar-refractivity contribution >= 4 is 0 Å². The Hall–Kier alpha value is -0.590. The Morgan fingerprint density at radius 1 is 1.50 bits per heavy atom. The van der Waals surface area contributed by atoms with Crippen molar-refractivity contribution in [2.45, 2.75) is 45.3 Å². The van der Waals surface area contributed by atoms with Crippen LogP contribution in [0.25, 0.3) is 0 Å². The van der Waals surface area contributed by atoms with Crippen molar-refractivity contribution in [2.75, 3.05) is 6.61 Å². The topological polar surface area (TPSA) is 53.2 Å². The van der Waals surface area contributed by atoms with Gasteiger partial charge in [0.15, 0.2) is 0 Å². The molecule has 80 valence electrons. The van der Waals surface area contributed by atoms with E-state index in [1.165, 1.54) is 0 Å². The van der Waals surface area contributed by atoms with Gasteiger partial charge in [-0.25, -0.2) is 0 Å². The smallest absolute Gasteiger partial charge is 0.0849 e. The van der Waals surface area contributed by atoms with Crippen molar-refractivity contribution in [2.24, 2.45) is 11.8 Å².